The quantitative estimate of drug-likeness (QED) is 0.542. The lowest BCUT2D eigenvalue weighted by molar-refractivity contribution is -0.858. The van der Waals surface area contributed by atoms with E-state index in [1.54, 1.807) is 17.0 Å². The molecule has 0 saturated heterocycles. The van der Waals surface area contributed by atoms with Gasteiger partial charge in [-0.25, -0.2) is 9.37 Å². The number of nitrogens with zero attached hydrogens (tertiary/aromatic N) is 2. The van der Waals surface area contributed by atoms with Gasteiger partial charge >= 0.3 is 0 Å². The number of anilines is 1. The SMILES string of the molecule is C[NH+](C)CCCN(C(=O)c1cc2ccccc2o1)c1nc2ccc(F)cc2s1. The predicted molar refractivity (Wildman–Crippen MR) is 110 cm³/mol. The molecular formula is C21H21FN3O2S+. The van der Waals surface area contributed by atoms with Gasteiger partial charge in [-0.05, 0) is 30.3 Å². The van der Waals surface area contributed by atoms with Crippen molar-refractivity contribution in [3.8, 4) is 0 Å². The van der Waals surface area contributed by atoms with Gasteiger partial charge in [0.1, 0.15) is 11.4 Å². The number of hydrogen-bond acceptors (Lipinski definition) is 4. The molecule has 4 aromatic rings. The van der Waals surface area contributed by atoms with Crippen LogP contribution in [-0.2, 0) is 0 Å². The molecule has 0 fully saturated rings. The van der Waals surface area contributed by atoms with Crippen LogP contribution >= 0.6 is 11.3 Å². The van der Waals surface area contributed by atoms with Crippen molar-refractivity contribution in [2.75, 3.05) is 32.1 Å². The van der Waals surface area contributed by atoms with E-state index in [-0.39, 0.29) is 17.5 Å². The van der Waals surface area contributed by atoms with Gasteiger partial charge in [0.15, 0.2) is 10.9 Å². The molecule has 1 amide bonds. The summed E-state index contributed by atoms with van der Waals surface area (Å²) in [5, 5.41) is 1.44. The molecule has 1 N–H and O–H groups in total. The Morgan fingerprint density at radius 3 is 2.82 bits per heavy atom. The van der Waals surface area contributed by atoms with Crippen molar-refractivity contribution in [1.82, 2.24) is 4.98 Å². The van der Waals surface area contributed by atoms with Crippen molar-refractivity contribution < 1.29 is 18.5 Å². The van der Waals surface area contributed by atoms with Crippen LogP contribution in [-0.4, -0.2) is 38.1 Å². The number of furan rings is 1. The van der Waals surface area contributed by atoms with Gasteiger partial charge in [-0.1, -0.05) is 29.5 Å². The number of aromatic nitrogens is 1. The minimum Gasteiger partial charge on any atom is -0.451 e. The van der Waals surface area contributed by atoms with Crippen molar-refractivity contribution in [3.05, 3.63) is 60.1 Å². The van der Waals surface area contributed by atoms with Crippen molar-refractivity contribution in [1.29, 1.82) is 0 Å². The fourth-order valence-electron chi connectivity index (χ4n) is 3.10. The Morgan fingerprint density at radius 2 is 2.04 bits per heavy atom. The molecule has 2 aromatic heterocycles. The molecule has 2 aromatic carbocycles. The van der Waals surface area contributed by atoms with Gasteiger partial charge < -0.3 is 9.32 Å². The zero-order chi connectivity index (χ0) is 19.7. The molecule has 28 heavy (non-hydrogen) atoms. The first-order chi connectivity index (χ1) is 13.5. The molecule has 0 atom stereocenters. The molecule has 0 aliphatic rings. The largest absolute Gasteiger partial charge is 0.451 e. The summed E-state index contributed by atoms with van der Waals surface area (Å²) in [6, 6.07) is 13.8. The first kappa shape index (κ1) is 18.6. The Labute approximate surface area is 166 Å². The zero-order valence-electron chi connectivity index (χ0n) is 15.7. The molecule has 7 heteroatoms. The van der Waals surface area contributed by atoms with E-state index in [9.17, 15) is 9.18 Å². The van der Waals surface area contributed by atoms with E-state index in [4.69, 9.17) is 4.42 Å². The number of fused-ring (bicyclic) bond motifs is 2. The molecule has 144 valence electrons. The molecular weight excluding hydrogens is 377 g/mol. The second kappa shape index (κ2) is 7.69. The van der Waals surface area contributed by atoms with Crippen LogP contribution in [0.15, 0.2) is 52.9 Å². The lowest BCUT2D eigenvalue weighted by Gasteiger charge is -2.19. The maximum Gasteiger partial charge on any atom is 0.295 e. The Kier molecular flexibility index (Phi) is 5.11. The smallest absolute Gasteiger partial charge is 0.295 e. The van der Waals surface area contributed by atoms with E-state index in [2.05, 4.69) is 19.1 Å². The third-order valence-electron chi connectivity index (χ3n) is 4.51. The number of thiazole rings is 1. The summed E-state index contributed by atoms with van der Waals surface area (Å²) in [5.74, 6) is -0.262. The monoisotopic (exact) mass is 398 g/mol. The Balaban J connectivity index is 1.69. The first-order valence-electron chi connectivity index (χ1n) is 9.17. The highest BCUT2D eigenvalue weighted by molar-refractivity contribution is 7.22. The Bertz CT molecular complexity index is 1100. The van der Waals surface area contributed by atoms with Gasteiger partial charge in [-0.3, -0.25) is 9.69 Å². The number of carbonyl (C=O) groups excluding carboxylic acids is 1. The van der Waals surface area contributed by atoms with Gasteiger partial charge in [-0.15, -0.1) is 0 Å². The van der Waals surface area contributed by atoms with Crippen molar-refractivity contribution in [2.24, 2.45) is 0 Å². The summed E-state index contributed by atoms with van der Waals surface area (Å²) in [4.78, 5) is 20.8. The van der Waals surface area contributed by atoms with Crippen LogP contribution in [0, 0.1) is 5.82 Å². The summed E-state index contributed by atoms with van der Waals surface area (Å²) in [7, 11) is 4.15. The summed E-state index contributed by atoms with van der Waals surface area (Å²) in [5.41, 5.74) is 1.36. The van der Waals surface area contributed by atoms with E-state index in [0.717, 1.165) is 23.1 Å². The minimum atomic E-state index is -0.311. The third kappa shape index (κ3) is 3.76. The number of halogens is 1. The normalized spacial score (nSPS) is 11.6. The fourth-order valence-corrected chi connectivity index (χ4v) is 4.11. The van der Waals surface area contributed by atoms with Crippen LogP contribution in [0.4, 0.5) is 9.52 Å². The second-order valence-corrected chi connectivity index (χ2v) is 8.03. The van der Waals surface area contributed by atoms with Crippen LogP contribution in [0.3, 0.4) is 0 Å². The predicted octanol–water partition coefficient (Wildman–Crippen LogP) is 3.36. The molecule has 0 bridgehead atoms. The van der Waals surface area contributed by atoms with Crippen LogP contribution in [0.25, 0.3) is 21.2 Å². The zero-order valence-corrected chi connectivity index (χ0v) is 16.6. The number of benzene rings is 2. The van der Waals surface area contributed by atoms with Gasteiger partial charge in [0.2, 0.25) is 0 Å². The van der Waals surface area contributed by atoms with E-state index in [1.165, 1.54) is 28.4 Å². The molecule has 0 spiro atoms. The van der Waals surface area contributed by atoms with E-state index in [1.807, 2.05) is 24.3 Å². The standard InChI is InChI=1S/C21H20FN3O2S/c1-24(2)10-5-11-25(21-23-16-9-8-15(22)13-19(16)28-21)20(26)18-12-14-6-3-4-7-17(14)27-18/h3-4,6-9,12-13H,5,10-11H2,1-2H3/p+1. The topological polar surface area (TPSA) is 50.8 Å². The summed E-state index contributed by atoms with van der Waals surface area (Å²) in [6.07, 6.45) is 0.818. The van der Waals surface area contributed by atoms with Gasteiger partial charge in [-0.2, -0.15) is 0 Å². The highest BCUT2D eigenvalue weighted by Crippen LogP contribution is 2.31. The maximum absolute atomic E-state index is 13.6. The van der Waals surface area contributed by atoms with Crippen LogP contribution in [0.1, 0.15) is 17.0 Å². The molecule has 0 aliphatic carbocycles. The lowest BCUT2D eigenvalue weighted by atomic mass is 10.2. The number of quaternary nitrogens is 1. The molecule has 0 saturated carbocycles. The lowest BCUT2D eigenvalue weighted by Crippen LogP contribution is -3.05. The summed E-state index contributed by atoms with van der Waals surface area (Å²) >= 11 is 1.31. The molecule has 0 aliphatic heterocycles. The second-order valence-electron chi connectivity index (χ2n) is 7.02. The third-order valence-corrected chi connectivity index (χ3v) is 5.55. The Morgan fingerprint density at radius 1 is 1.21 bits per heavy atom. The average molecular weight is 398 g/mol. The number of hydrogen-bond donors (Lipinski definition) is 1. The fraction of sp³-hybridized carbons (Fsp3) is 0.238. The van der Waals surface area contributed by atoms with E-state index >= 15 is 0 Å². The molecule has 5 nitrogen and oxygen atoms in total. The van der Waals surface area contributed by atoms with Crippen LogP contribution in [0.2, 0.25) is 0 Å². The number of nitrogens with one attached hydrogen (secondary N) is 1. The van der Waals surface area contributed by atoms with Crippen molar-refractivity contribution in [2.45, 2.75) is 6.42 Å². The van der Waals surface area contributed by atoms with Gasteiger partial charge in [0.25, 0.3) is 5.91 Å². The minimum absolute atomic E-state index is 0.232. The average Bonchev–Trinajstić information content (AvgIpc) is 3.27. The number of para-hydroxylation sites is 1. The number of amides is 1. The summed E-state index contributed by atoms with van der Waals surface area (Å²) < 4.78 is 20.1. The van der Waals surface area contributed by atoms with E-state index < -0.39 is 0 Å². The molecule has 0 unspecified atom stereocenters. The van der Waals surface area contributed by atoms with Crippen molar-refractivity contribution in [3.63, 3.8) is 0 Å². The van der Waals surface area contributed by atoms with Gasteiger partial charge in [0.05, 0.1) is 30.9 Å². The highest BCUT2D eigenvalue weighted by Gasteiger charge is 2.24. The van der Waals surface area contributed by atoms with Crippen molar-refractivity contribution >= 4 is 43.6 Å². The summed E-state index contributed by atoms with van der Waals surface area (Å²) in [6.45, 7) is 1.44. The molecule has 0 radical (unpaired) electrons. The molecule has 2 heterocycles. The Hall–Kier alpha value is -2.77. The number of carbonyl (C=O) groups is 1. The first-order valence-corrected chi connectivity index (χ1v) is 9.98. The maximum atomic E-state index is 13.6. The number of rotatable bonds is 6. The van der Waals surface area contributed by atoms with E-state index in [0.29, 0.717) is 22.8 Å². The molecule has 4 rings (SSSR count). The van der Waals surface area contributed by atoms with Crippen LogP contribution < -0.4 is 9.80 Å². The highest BCUT2D eigenvalue weighted by atomic mass is 32.1. The van der Waals surface area contributed by atoms with Crippen LogP contribution in [0.5, 0.6) is 0 Å². The van der Waals surface area contributed by atoms with Gasteiger partial charge in [0, 0.05) is 18.4 Å².